The number of ether oxygens (including phenoxy) is 3. The van der Waals surface area contributed by atoms with Crippen molar-refractivity contribution in [3.05, 3.63) is 48.0 Å². The molecule has 0 aliphatic heterocycles. The normalized spacial score (nSPS) is 10.1. The molecule has 4 nitrogen and oxygen atoms in total. The highest BCUT2D eigenvalue weighted by atomic mass is 16.5. The fraction of sp³-hybridized carbons (Fsp3) is 0.200. The first-order valence-corrected chi connectivity index (χ1v) is 5.96. The van der Waals surface area contributed by atoms with Gasteiger partial charge in [-0.1, -0.05) is 18.2 Å². The molecule has 0 saturated heterocycles. The lowest BCUT2D eigenvalue weighted by atomic mass is 10.2. The van der Waals surface area contributed by atoms with Crippen molar-refractivity contribution in [1.29, 1.82) is 0 Å². The minimum absolute atomic E-state index is 0.512. The second kappa shape index (κ2) is 6.11. The van der Waals surface area contributed by atoms with Crippen molar-refractivity contribution < 1.29 is 14.2 Å². The molecule has 2 aromatic rings. The summed E-state index contributed by atoms with van der Waals surface area (Å²) in [5.41, 5.74) is 6.62. The summed E-state index contributed by atoms with van der Waals surface area (Å²) >= 11 is 0. The third kappa shape index (κ3) is 2.98. The molecule has 0 spiro atoms. The van der Waals surface area contributed by atoms with E-state index in [2.05, 4.69) is 0 Å². The lowest BCUT2D eigenvalue weighted by molar-refractivity contribution is 0.346. The summed E-state index contributed by atoms with van der Waals surface area (Å²) < 4.78 is 16.4. The second-order valence-corrected chi connectivity index (χ2v) is 3.94. The summed E-state index contributed by atoms with van der Waals surface area (Å²) in [5.74, 6) is 2.53. The van der Waals surface area contributed by atoms with Gasteiger partial charge in [0.15, 0.2) is 11.5 Å². The van der Waals surface area contributed by atoms with Crippen molar-refractivity contribution in [2.24, 2.45) is 5.73 Å². The fourth-order valence-electron chi connectivity index (χ4n) is 1.73. The van der Waals surface area contributed by atoms with Crippen LogP contribution in [0.25, 0.3) is 0 Å². The highest BCUT2D eigenvalue weighted by molar-refractivity contribution is 5.53. The molecule has 0 aliphatic carbocycles. The third-order valence-electron chi connectivity index (χ3n) is 2.76. The summed E-state index contributed by atoms with van der Waals surface area (Å²) in [5, 5.41) is 0. The average molecular weight is 259 g/mol. The van der Waals surface area contributed by atoms with E-state index < -0.39 is 0 Å². The van der Waals surface area contributed by atoms with E-state index in [9.17, 15) is 0 Å². The number of nitrogens with two attached hydrogens (primary N) is 1. The maximum Gasteiger partial charge on any atom is 0.210 e. The van der Waals surface area contributed by atoms with E-state index in [-0.39, 0.29) is 0 Å². The maximum atomic E-state index is 5.83. The number of hydrogen-bond acceptors (Lipinski definition) is 4. The van der Waals surface area contributed by atoms with Crippen LogP contribution in [0, 0.1) is 0 Å². The summed E-state index contributed by atoms with van der Waals surface area (Å²) in [6, 6.07) is 13.1. The summed E-state index contributed by atoms with van der Waals surface area (Å²) in [4.78, 5) is 0. The Kier molecular flexibility index (Phi) is 4.26. The second-order valence-electron chi connectivity index (χ2n) is 3.94. The van der Waals surface area contributed by atoms with Crippen molar-refractivity contribution >= 4 is 0 Å². The Morgan fingerprint density at radius 1 is 0.895 bits per heavy atom. The van der Waals surface area contributed by atoms with E-state index in [1.54, 1.807) is 14.2 Å². The summed E-state index contributed by atoms with van der Waals surface area (Å²) in [7, 11) is 3.19. The number of para-hydroxylation sites is 1. The van der Waals surface area contributed by atoms with E-state index in [0.717, 1.165) is 5.56 Å². The average Bonchev–Trinajstić information content (AvgIpc) is 2.48. The van der Waals surface area contributed by atoms with Crippen LogP contribution >= 0.6 is 0 Å². The van der Waals surface area contributed by atoms with Gasteiger partial charge in [0.25, 0.3) is 0 Å². The van der Waals surface area contributed by atoms with Crippen LogP contribution in [0.2, 0.25) is 0 Å². The molecule has 2 N–H and O–H groups in total. The van der Waals surface area contributed by atoms with Crippen LogP contribution in [0.5, 0.6) is 23.0 Å². The topological polar surface area (TPSA) is 53.7 Å². The first-order chi connectivity index (χ1) is 9.28. The Bertz CT molecular complexity index is 515. The van der Waals surface area contributed by atoms with Gasteiger partial charge < -0.3 is 19.9 Å². The van der Waals surface area contributed by atoms with Gasteiger partial charge in [-0.05, 0) is 29.8 Å². The van der Waals surface area contributed by atoms with Crippen LogP contribution in [0.1, 0.15) is 5.56 Å². The molecule has 0 heterocycles. The predicted molar refractivity (Wildman–Crippen MR) is 74.0 cm³/mol. The molecule has 0 bridgehead atoms. The molecule has 100 valence electrons. The zero-order chi connectivity index (χ0) is 13.7. The predicted octanol–water partition coefficient (Wildman–Crippen LogP) is 2.95. The van der Waals surface area contributed by atoms with Crippen LogP contribution in [0.4, 0.5) is 0 Å². The number of methoxy groups -OCH3 is 2. The zero-order valence-corrected chi connectivity index (χ0v) is 11.1. The van der Waals surface area contributed by atoms with Gasteiger partial charge in [-0.15, -0.1) is 0 Å². The number of hydrogen-bond donors (Lipinski definition) is 1. The Morgan fingerprint density at radius 2 is 1.47 bits per heavy atom. The Morgan fingerprint density at radius 3 is 1.95 bits per heavy atom. The van der Waals surface area contributed by atoms with Gasteiger partial charge in [-0.2, -0.15) is 0 Å². The van der Waals surface area contributed by atoms with Gasteiger partial charge in [-0.3, -0.25) is 0 Å². The Hall–Kier alpha value is -2.20. The van der Waals surface area contributed by atoms with Gasteiger partial charge >= 0.3 is 0 Å². The minimum atomic E-state index is 0.512. The molecule has 0 aromatic heterocycles. The highest BCUT2D eigenvalue weighted by Crippen LogP contribution is 2.39. The molecular formula is C15H17NO3. The number of benzene rings is 2. The molecule has 0 atom stereocenters. The smallest absolute Gasteiger partial charge is 0.210 e. The monoisotopic (exact) mass is 259 g/mol. The van der Waals surface area contributed by atoms with E-state index in [1.807, 2.05) is 42.5 Å². The molecule has 0 unspecified atom stereocenters. The van der Waals surface area contributed by atoms with Gasteiger partial charge in [-0.25, -0.2) is 0 Å². The van der Waals surface area contributed by atoms with Crippen LogP contribution in [-0.2, 0) is 6.54 Å². The van der Waals surface area contributed by atoms with Crippen LogP contribution in [0.3, 0.4) is 0 Å². The van der Waals surface area contributed by atoms with E-state index in [0.29, 0.717) is 29.5 Å². The van der Waals surface area contributed by atoms with Crippen LogP contribution in [0.15, 0.2) is 42.5 Å². The molecule has 0 fully saturated rings. The Labute approximate surface area is 112 Å². The standard InChI is InChI=1S/C15H17NO3/c1-17-13-4-3-5-14(18-2)15(13)19-12-8-6-11(10-16)7-9-12/h3-9H,10,16H2,1-2H3. The largest absolute Gasteiger partial charge is 0.493 e. The lowest BCUT2D eigenvalue weighted by Gasteiger charge is -2.13. The summed E-state index contributed by atoms with van der Waals surface area (Å²) in [6.45, 7) is 0.512. The number of rotatable bonds is 5. The first kappa shape index (κ1) is 13.2. The molecular weight excluding hydrogens is 242 g/mol. The zero-order valence-electron chi connectivity index (χ0n) is 11.1. The van der Waals surface area contributed by atoms with Crippen molar-refractivity contribution in [2.75, 3.05) is 14.2 Å². The first-order valence-electron chi connectivity index (χ1n) is 5.96. The van der Waals surface area contributed by atoms with E-state index in [4.69, 9.17) is 19.9 Å². The minimum Gasteiger partial charge on any atom is -0.493 e. The molecule has 0 radical (unpaired) electrons. The van der Waals surface area contributed by atoms with Gasteiger partial charge in [0, 0.05) is 6.54 Å². The summed E-state index contributed by atoms with van der Waals surface area (Å²) in [6.07, 6.45) is 0. The fourth-order valence-corrected chi connectivity index (χ4v) is 1.73. The maximum absolute atomic E-state index is 5.83. The van der Waals surface area contributed by atoms with Gasteiger partial charge in [0.2, 0.25) is 5.75 Å². The van der Waals surface area contributed by atoms with Gasteiger partial charge in [0.1, 0.15) is 5.75 Å². The quantitative estimate of drug-likeness (QED) is 0.897. The van der Waals surface area contributed by atoms with E-state index >= 15 is 0 Å². The highest BCUT2D eigenvalue weighted by Gasteiger charge is 2.12. The van der Waals surface area contributed by atoms with Gasteiger partial charge in [0.05, 0.1) is 14.2 Å². The van der Waals surface area contributed by atoms with Crippen molar-refractivity contribution in [3.63, 3.8) is 0 Å². The third-order valence-corrected chi connectivity index (χ3v) is 2.76. The SMILES string of the molecule is COc1cccc(OC)c1Oc1ccc(CN)cc1. The Balaban J connectivity index is 2.30. The molecule has 4 heteroatoms. The molecule has 0 aliphatic rings. The van der Waals surface area contributed by atoms with Crippen molar-refractivity contribution in [3.8, 4) is 23.0 Å². The van der Waals surface area contributed by atoms with Crippen molar-refractivity contribution in [1.82, 2.24) is 0 Å². The molecule has 2 aromatic carbocycles. The van der Waals surface area contributed by atoms with E-state index in [1.165, 1.54) is 0 Å². The molecule has 2 rings (SSSR count). The molecule has 0 saturated carbocycles. The van der Waals surface area contributed by atoms with Crippen molar-refractivity contribution in [2.45, 2.75) is 6.54 Å². The van der Waals surface area contributed by atoms with Crippen LogP contribution in [-0.4, -0.2) is 14.2 Å². The lowest BCUT2D eigenvalue weighted by Crippen LogP contribution is -1.96. The van der Waals surface area contributed by atoms with Crippen LogP contribution < -0.4 is 19.9 Å². The molecule has 19 heavy (non-hydrogen) atoms. The molecule has 0 amide bonds.